The highest BCUT2D eigenvalue weighted by atomic mass is 16.5. The highest BCUT2D eigenvalue weighted by Gasteiger charge is 2.26. The van der Waals surface area contributed by atoms with Crippen molar-refractivity contribution in [2.45, 2.75) is 20.3 Å². The monoisotopic (exact) mass is 279 g/mol. The van der Waals surface area contributed by atoms with Crippen molar-refractivity contribution in [3.05, 3.63) is 22.5 Å². The predicted molar refractivity (Wildman–Crippen MR) is 75.0 cm³/mol. The summed E-state index contributed by atoms with van der Waals surface area (Å²) in [6.07, 6.45) is 0.653. The van der Waals surface area contributed by atoms with Crippen LogP contribution in [0.15, 0.2) is 0 Å². The number of hydrogen-bond donors (Lipinski definition) is 2. The van der Waals surface area contributed by atoms with Gasteiger partial charge in [0.05, 0.1) is 12.7 Å². The van der Waals surface area contributed by atoms with Crippen LogP contribution < -0.4 is 5.32 Å². The quantitative estimate of drug-likeness (QED) is 0.799. The minimum Gasteiger partial charge on any atom is -0.465 e. The molecule has 20 heavy (non-hydrogen) atoms. The van der Waals surface area contributed by atoms with Crippen LogP contribution >= 0.6 is 0 Å². The van der Waals surface area contributed by atoms with Crippen molar-refractivity contribution < 1.29 is 14.3 Å². The van der Waals surface area contributed by atoms with Crippen molar-refractivity contribution in [1.29, 1.82) is 0 Å². The van der Waals surface area contributed by atoms with Gasteiger partial charge in [0.1, 0.15) is 5.69 Å². The molecule has 0 atom stereocenters. The Morgan fingerprint density at radius 3 is 2.50 bits per heavy atom. The van der Waals surface area contributed by atoms with E-state index in [4.69, 9.17) is 4.74 Å². The molecule has 1 saturated heterocycles. The smallest absolute Gasteiger partial charge is 0.339 e. The lowest BCUT2D eigenvalue weighted by atomic mass is 10.1. The summed E-state index contributed by atoms with van der Waals surface area (Å²) >= 11 is 0. The van der Waals surface area contributed by atoms with Gasteiger partial charge in [-0.25, -0.2) is 4.79 Å². The molecule has 1 aliphatic heterocycles. The summed E-state index contributed by atoms with van der Waals surface area (Å²) in [5.74, 6) is -0.441. The molecule has 6 nitrogen and oxygen atoms in total. The molecule has 2 heterocycles. The first kappa shape index (κ1) is 14.6. The van der Waals surface area contributed by atoms with E-state index in [2.05, 4.69) is 10.3 Å². The number of nitrogens with one attached hydrogen (secondary N) is 2. The second-order valence-electron chi connectivity index (χ2n) is 4.87. The maximum absolute atomic E-state index is 12.5. The summed E-state index contributed by atoms with van der Waals surface area (Å²) in [6, 6.07) is 0. The van der Waals surface area contributed by atoms with Crippen molar-refractivity contribution in [1.82, 2.24) is 15.2 Å². The molecule has 1 aliphatic rings. The first-order valence-corrected chi connectivity index (χ1v) is 6.89. The Kier molecular flexibility index (Phi) is 4.44. The largest absolute Gasteiger partial charge is 0.465 e. The Labute approximate surface area is 118 Å². The summed E-state index contributed by atoms with van der Waals surface area (Å²) in [7, 11) is 1.35. The number of carbonyl (C=O) groups is 2. The maximum atomic E-state index is 12.5. The lowest BCUT2D eigenvalue weighted by molar-refractivity contribution is 0.0599. The van der Waals surface area contributed by atoms with Crippen LogP contribution in [0.3, 0.4) is 0 Å². The number of aryl methyl sites for hydroxylation is 1. The fourth-order valence-corrected chi connectivity index (χ4v) is 2.54. The van der Waals surface area contributed by atoms with E-state index >= 15 is 0 Å². The SMILES string of the molecule is CCc1[nH]c(C(=O)N2CCNCC2)c(C)c1C(=O)OC. The molecule has 1 aromatic rings. The van der Waals surface area contributed by atoms with Gasteiger partial charge in [0, 0.05) is 31.9 Å². The first-order valence-electron chi connectivity index (χ1n) is 6.89. The fraction of sp³-hybridized carbons (Fsp3) is 0.571. The van der Waals surface area contributed by atoms with Crippen LogP contribution in [0.2, 0.25) is 0 Å². The van der Waals surface area contributed by atoms with Crippen molar-refractivity contribution in [2.24, 2.45) is 0 Å². The van der Waals surface area contributed by atoms with Crippen molar-refractivity contribution >= 4 is 11.9 Å². The normalized spacial score (nSPS) is 15.2. The lowest BCUT2D eigenvalue weighted by Crippen LogP contribution is -2.46. The molecule has 1 amide bonds. The summed E-state index contributed by atoms with van der Waals surface area (Å²) in [6.45, 7) is 6.71. The van der Waals surface area contributed by atoms with Gasteiger partial charge >= 0.3 is 5.97 Å². The lowest BCUT2D eigenvalue weighted by Gasteiger charge is -2.27. The average Bonchev–Trinajstić information content (AvgIpc) is 2.83. The molecule has 1 fully saturated rings. The van der Waals surface area contributed by atoms with Crippen LogP contribution in [-0.2, 0) is 11.2 Å². The number of H-pyrrole nitrogens is 1. The number of hydrogen-bond acceptors (Lipinski definition) is 4. The Hall–Kier alpha value is -1.82. The summed E-state index contributed by atoms with van der Waals surface area (Å²) in [4.78, 5) is 29.3. The molecule has 0 bridgehead atoms. The number of ether oxygens (including phenoxy) is 1. The molecule has 0 aliphatic carbocycles. The Bertz CT molecular complexity index is 516. The van der Waals surface area contributed by atoms with E-state index in [1.807, 2.05) is 6.92 Å². The zero-order valence-corrected chi connectivity index (χ0v) is 12.2. The van der Waals surface area contributed by atoms with Crippen LogP contribution in [0.1, 0.15) is 39.0 Å². The second kappa shape index (κ2) is 6.09. The molecule has 0 saturated carbocycles. The van der Waals surface area contributed by atoms with Gasteiger partial charge in [-0.05, 0) is 18.9 Å². The molecule has 0 aromatic carbocycles. The average molecular weight is 279 g/mol. The van der Waals surface area contributed by atoms with E-state index in [0.29, 0.717) is 36.3 Å². The Balaban J connectivity index is 2.34. The van der Waals surface area contributed by atoms with Crippen molar-refractivity contribution in [3.8, 4) is 0 Å². The van der Waals surface area contributed by atoms with Gasteiger partial charge in [0.25, 0.3) is 5.91 Å². The van der Waals surface area contributed by atoms with E-state index in [-0.39, 0.29) is 5.91 Å². The number of aromatic amines is 1. The van der Waals surface area contributed by atoms with Crippen LogP contribution in [0.5, 0.6) is 0 Å². The van der Waals surface area contributed by atoms with Gasteiger partial charge in [-0.1, -0.05) is 6.92 Å². The topological polar surface area (TPSA) is 74.4 Å². The Morgan fingerprint density at radius 2 is 1.95 bits per heavy atom. The van der Waals surface area contributed by atoms with Crippen molar-refractivity contribution in [2.75, 3.05) is 33.3 Å². The van der Waals surface area contributed by atoms with E-state index < -0.39 is 5.97 Å². The molecule has 110 valence electrons. The van der Waals surface area contributed by atoms with Gasteiger partial charge < -0.3 is 19.9 Å². The van der Waals surface area contributed by atoms with Gasteiger partial charge in [-0.15, -0.1) is 0 Å². The van der Waals surface area contributed by atoms with Crippen LogP contribution in [0.4, 0.5) is 0 Å². The number of rotatable bonds is 3. The minimum atomic E-state index is -0.394. The van der Waals surface area contributed by atoms with Crippen LogP contribution in [-0.4, -0.2) is 55.0 Å². The highest BCUT2D eigenvalue weighted by molar-refractivity contribution is 6.00. The number of carbonyl (C=O) groups excluding carboxylic acids is 2. The minimum absolute atomic E-state index is 0.0474. The molecule has 0 radical (unpaired) electrons. The van der Waals surface area contributed by atoms with Gasteiger partial charge in [0.15, 0.2) is 0 Å². The molecule has 0 unspecified atom stereocenters. The third kappa shape index (κ3) is 2.56. The van der Waals surface area contributed by atoms with Gasteiger partial charge in [0.2, 0.25) is 0 Å². The number of esters is 1. The van der Waals surface area contributed by atoms with Gasteiger partial charge in [-0.3, -0.25) is 4.79 Å². The summed E-state index contributed by atoms with van der Waals surface area (Å²) in [5, 5.41) is 3.21. The molecule has 6 heteroatoms. The van der Waals surface area contributed by atoms with Crippen molar-refractivity contribution in [3.63, 3.8) is 0 Å². The van der Waals surface area contributed by atoms with Gasteiger partial charge in [-0.2, -0.15) is 0 Å². The Morgan fingerprint density at radius 1 is 1.30 bits per heavy atom. The number of amides is 1. The molecular formula is C14H21N3O3. The number of aromatic nitrogens is 1. The predicted octanol–water partition coefficient (Wildman–Crippen LogP) is 0.718. The van der Waals surface area contributed by atoms with E-state index in [1.165, 1.54) is 7.11 Å². The molecular weight excluding hydrogens is 258 g/mol. The van der Waals surface area contributed by atoms with E-state index in [0.717, 1.165) is 18.8 Å². The first-order chi connectivity index (χ1) is 9.60. The number of piperazine rings is 1. The maximum Gasteiger partial charge on any atom is 0.339 e. The molecule has 2 N–H and O–H groups in total. The summed E-state index contributed by atoms with van der Waals surface area (Å²) < 4.78 is 4.80. The molecule has 1 aromatic heterocycles. The second-order valence-corrected chi connectivity index (χ2v) is 4.87. The standard InChI is InChI=1S/C14H21N3O3/c1-4-10-11(14(19)20-3)9(2)12(16-10)13(18)17-7-5-15-6-8-17/h15-16H,4-8H2,1-3H3. The summed E-state index contributed by atoms with van der Waals surface area (Å²) in [5.41, 5.74) is 2.43. The van der Waals surface area contributed by atoms with Crippen LogP contribution in [0, 0.1) is 6.92 Å². The zero-order chi connectivity index (χ0) is 14.7. The zero-order valence-electron chi connectivity index (χ0n) is 12.2. The molecule has 2 rings (SSSR count). The third-order valence-electron chi connectivity index (χ3n) is 3.69. The number of methoxy groups -OCH3 is 1. The van der Waals surface area contributed by atoms with E-state index in [1.54, 1.807) is 11.8 Å². The fourth-order valence-electron chi connectivity index (χ4n) is 2.54. The highest BCUT2D eigenvalue weighted by Crippen LogP contribution is 2.21. The van der Waals surface area contributed by atoms with E-state index in [9.17, 15) is 9.59 Å². The molecule has 0 spiro atoms. The third-order valence-corrected chi connectivity index (χ3v) is 3.69. The van der Waals surface area contributed by atoms with Crippen LogP contribution in [0.25, 0.3) is 0 Å². The number of nitrogens with zero attached hydrogens (tertiary/aromatic N) is 1.